The molecule has 4 heteroatoms. The smallest absolute Gasteiger partial charge is 0.206 e. The monoisotopic (exact) mass is 260 g/mol. The van der Waals surface area contributed by atoms with Crippen LogP contribution in [0.3, 0.4) is 0 Å². The first-order valence-electron chi connectivity index (χ1n) is 6.60. The normalized spacial score (nSPS) is 11.7. The zero-order valence-electron chi connectivity index (χ0n) is 11.8. The van der Waals surface area contributed by atoms with Gasteiger partial charge in [0.1, 0.15) is 12.3 Å². The number of ketones is 1. The van der Waals surface area contributed by atoms with Gasteiger partial charge in [-0.05, 0) is 31.4 Å². The zero-order valence-corrected chi connectivity index (χ0v) is 11.8. The van der Waals surface area contributed by atoms with Gasteiger partial charge in [0.25, 0.3) is 0 Å². The number of rotatable bonds is 4. The van der Waals surface area contributed by atoms with Crippen molar-refractivity contribution in [2.75, 3.05) is 6.61 Å². The first-order valence-corrected chi connectivity index (χ1v) is 6.60. The molecule has 0 saturated heterocycles. The minimum atomic E-state index is -0.502. The molecule has 0 fully saturated rings. The van der Waals surface area contributed by atoms with Crippen molar-refractivity contribution in [2.45, 2.75) is 39.7 Å². The van der Waals surface area contributed by atoms with E-state index < -0.39 is 6.61 Å². The lowest BCUT2D eigenvalue weighted by Gasteiger charge is -2.09. The number of Topliss-reactive ketones (excluding diaryl/α,β-unsaturated/α-hetero) is 1. The van der Waals surface area contributed by atoms with E-state index in [1.807, 2.05) is 0 Å². The third-order valence-corrected chi connectivity index (χ3v) is 3.36. The summed E-state index contributed by atoms with van der Waals surface area (Å²) in [5.41, 5.74) is 2.56. The van der Waals surface area contributed by atoms with Gasteiger partial charge in [-0.25, -0.2) is 0 Å². The lowest BCUT2D eigenvalue weighted by atomic mass is 10.0. The fourth-order valence-electron chi connectivity index (χ4n) is 2.29. The van der Waals surface area contributed by atoms with Gasteiger partial charge in [-0.1, -0.05) is 13.8 Å². The lowest BCUT2D eigenvalue weighted by Crippen LogP contribution is -2.07. The molecule has 0 saturated carbocycles. The van der Waals surface area contributed by atoms with E-state index in [4.69, 9.17) is 5.11 Å². The number of hydrogen-bond donors (Lipinski definition) is 1. The average Bonchev–Trinajstić information content (AvgIpc) is 2.76. The molecular weight excluding hydrogens is 240 g/mol. The van der Waals surface area contributed by atoms with Crippen molar-refractivity contribution in [1.82, 2.24) is 9.55 Å². The molecule has 0 aliphatic rings. The minimum absolute atomic E-state index is 0.314. The Bertz CT molecular complexity index is 612. The van der Waals surface area contributed by atoms with Crippen LogP contribution in [0.15, 0.2) is 18.5 Å². The number of aromatic nitrogens is 2. The topological polar surface area (TPSA) is 55.1 Å². The van der Waals surface area contributed by atoms with Crippen LogP contribution in [0.2, 0.25) is 0 Å². The number of pyridine rings is 1. The number of hydrogen-bond acceptors (Lipinski definition) is 3. The van der Waals surface area contributed by atoms with E-state index in [2.05, 4.69) is 43.4 Å². The molecule has 0 radical (unpaired) electrons. The number of aliphatic hydroxyl groups excluding tert-OH is 1. The molecule has 2 aromatic heterocycles. The first-order chi connectivity index (χ1) is 8.95. The maximum Gasteiger partial charge on any atom is 0.206 e. The molecule has 0 aliphatic carbocycles. The second-order valence-corrected chi connectivity index (χ2v) is 5.41. The van der Waals surface area contributed by atoms with E-state index in [-0.39, 0.29) is 5.78 Å². The fourth-order valence-corrected chi connectivity index (χ4v) is 2.29. The number of aliphatic hydroxyl groups is 1. The zero-order chi connectivity index (χ0) is 14.2. The minimum Gasteiger partial charge on any atom is -0.388 e. The summed E-state index contributed by atoms with van der Waals surface area (Å²) >= 11 is 0. The van der Waals surface area contributed by atoms with Gasteiger partial charge in [0.05, 0.1) is 5.52 Å². The number of fused-ring (bicyclic) bond motifs is 1. The summed E-state index contributed by atoms with van der Waals surface area (Å²) in [6.45, 7) is 8.01. The van der Waals surface area contributed by atoms with Crippen LogP contribution in [0.5, 0.6) is 0 Å². The molecule has 4 nitrogen and oxygen atoms in total. The Morgan fingerprint density at radius 3 is 2.58 bits per heavy atom. The highest BCUT2D eigenvalue weighted by Crippen LogP contribution is 2.29. The second kappa shape index (κ2) is 5.13. The van der Waals surface area contributed by atoms with Crippen molar-refractivity contribution in [3.8, 4) is 0 Å². The molecule has 0 unspecified atom stereocenters. The van der Waals surface area contributed by atoms with Gasteiger partial charge in [-0.2, -0.15) is 0 Å². The maximum atomic E-state index is 11.6. The summed E-state index contributed by atoms with van der Waals surface area (Å²) in [5.74, 6) is 0.0631. The van der Waals surface area contributed by atoms with Gasteiger partial charge in [-0.15, -0.1) is 0 Å². The molecule has 0 atom stereocenters. The fraction of sp³-hybridized carbons (Fsp3) is 0.467. The Balaban J connectivity index is 2.69. The molecule has 19 heavy (non-hydrogen) atoms. The highest BCUT2D eigenvalue weighted by atomic mass is 16.3. The molecule has 2 rings (SSSR count). The Hall–Kier alpha value is -1.68. The number of nitrogens with zero attached hydrogens (tertiary/aromatic N) is 2. The standard InChI is InChI=1S/C15H20N2O2/c1-9(2)12-7-17(10(3)4)14-5-13(15(19)8-18)16-6-11(12)14/h5-7,9-10,18H,8H2,1-4H3. The van der Waals surface area contributed by atoms with Gasteiger partial charge in [0, 0.05) is 23.8 Å². The summed E-state index contributed by atoms with van der Waals surface area (Å²) in [6, 6.07) is 2.09. The molecule has 1 N–H and O–H groups in total. The molecule has 0 spiro atoms. The summed E-state index contributed by atoms with van der Waals surface area (Å²) in [4.78, 5) is 15.7. The second-order valence-electron chi connectivity index (χ2n) is 5.41. The quantitative estimate of drug-likeness (QED) is 0.860. The summed E-state index contributed by atoms with van der Waals surface area (Å²) < 4.78 is 2.15. The van der Waals surface area contributed by atoms with Crippen molar-refractivity contribution < 1.29 is 9.90 Å². The predicted octanol–water partition coefficient (Wildman–Crippen LogP) is 2.92. The van der Waals surface area contributed by atoms with Gasteiger partial charge in [0.15, 0.2) is 0 Å². The Morgan fingerprint density at radius 1 is 1.37 bits per heavy atom. The van der Waals surface area contributed by atoms with Crippen molar-refractivity contribution in [1.29, 1.82) is 0 Å². The highest BCUT2D eigenvalue weighted by molar-refractivity contribution is 5.98. The third-order valence-electron chi connectivity index (χ3n) is 3.36. The lowest BCUT2D eigenvalue weighted by molar-refractivity contribution is 0.0899. The van der Waals surface area contributed by atoms with Crippen LogP contribution in [0.1, 0.15) is 55.7 Å². The van der Waals surface area contributed by atoms with Gasteiger partial charge >= 0.3 is 0 Å². The Morgan fingerprint density at radius 2 is 2.05 bits per heavy atom. The molecular formula is C15H20N2O2. The third kappa shape index (κ3) is 2.40. The van der Waals surface area contributed by atoms with E-state index in [1.165, 1.54) is 5.56 Å². The van der Waals surface area contributed by atoms with Crippen LogP contribution in [0.25, 0.3) is 10.9 Å². The average molecular weight is 260 g/mol. The highest BCUT2D eigenvalue weighted by Gasteiger charge is 2.16. The van der Waals surface area contributed by atoms with E-state index in [0.717, 1.165) is 10.9 Å². The van der Waals surface area contributed by atoms with Crippen LogP contribution in [-0.4, -0.2) is 27.0 Å². The molecule has 2 aromatic rings. The van der Waals surface area contributed by atoms with E-state index >= 15 is 0 Å². The van der Waals surface area contributed by atoms with Crippen LogP contribution in [0, 0.1) is 0 Å². The predicted molar refractivity (Wildman–Crippen MR) is 75.6 cm³/mol. The molecule has 102 valence electrons. The van der Waals surface area contributed by atoms with Crippen LogP contribution in [-0.2, 0) is 0 Å². The molecule has 0 bridgehead atoms. The van der Waals surface area contributed by atoms with Crippen molar-refractivity contribution >= 4 is 16.7 Å². The van der Waals surface area contributed by atoms with Crippen molar-refractivity contribution in [3.63, 3.8) is 0 Å². The molecule has 0 aliphatic heterocycles. The Kier molecular flexibility index (Phi) is 3.71. The van der Waals surface area contributed by atoms with E-state index in [0.29, 0.717) is 17.7 Å². The number of carbonyl (C=O) groups is 1. The van der Waals surface area contributed by atoms with Gasteiger partial charge in [-0.3, -0.25) is 9.78 Å². The van der Waals surface area contributed by atoms with Crippen LogP contribution in [0.4, 0.5) is 0 Å². The first kappa shape index (κ1) is 13.7. The van der Waals surface area contributed by atoms with Crippen LogP contribution < -0.4 is 0 Å². The molecule has 0 amide bonds. The largest absolute Gasteiger partial charge is 0.388 e. The van der Waals surface area contributed by atoms with Crippen LogP contribution >= 0.6 is 0 Å². The van der Waals surface area contributed by atoms with Crippen molar-refractivity contribution in [3.05, 3.63) is 29.7 Å². The SMILES string of the molecule is CC(C)c1cn(C(C)C)c2cc(C(=O)CO)ncc12. The maximum absolute atomic E-state index is 11.6. The van der Waals surface area contributed by atoms with Gasteiger partial charge < -0.3 is 9.67 Å². The summed E-state index contributed by atoms with van der Waals surface area (Å²) in [6.07, 6.45) is 3.88. The molecule has 0 aromatic carbocycles. The summed E-state index contributed by atoms with van der Waals surface area (Å²) in [5, 5.41) is 10.0. The Labute approximate surface area is 113 Å². The summed E-state index contributed by atoms with van der Waals surface area (Å²) in [7, 11) is 0. The van der Waals surface area contributed by atoms with E-state index in [1.54, 1.807) is 12.3 Å². The van der Waals surface area contributed by atoms with Gasteiger partial charge in [0.2, 0.25) is 5.78 Å². The van der Waals surface area contributed by atoms with Crippen molar-refractivity contribution in [2.24, 2.45) is 0 Å². The molecule has 2 heterocycles. The number of carbonyl (C=O) groups excluding carboxylic acids is 1. The van der Waals surface area contributed by atoms with E-state index in [9.17, 15) is 4.79 Å².